The van der Waals surface area contributed by atoms with Crippen LogP contribution < -0.4 is 0 Å². The van der Waals surface area contributed by atoms with Gasteiger partial charge in [0.25, 0.3) is 0 Å². The average molecular weight is 205 g/mol. The molecule has 5 heteroatoms. The first-order valence-electron chi connectivity index (χ1n) is 3.98. The Hall–Kier alpha value is -1.67. The van der Waals surface area contributed by atoms with Crippen LogP contribution in [-0.4, -0.2) is 20.8 Å². The van der Waals surface area contributed by atoms with E-state index >= 15 is 0 Å². The molecule has 70 valence electrons. The Kier molecular flexibility index (Phi) is 2.29. The molecule has 2 N–H and O–H groups in total. The molecule has 0 aliphatic rings. The largest absolute Gasteiger partial charge is 0.508 e. The second kappa shape index (κ2) is 3.60. The summed E-state index contributed by atoms with van der Waals surface area (Å²) in [6.45, 7) is 0. The number of hydrogen-bond donors (Lipinski definition) is 2. The molecule has 1 aromatic carbocycles. The van der Waals surface area contributed by atoms with Crippen LogP contribution in [0.2, 0.25) is 0 Å². The van der Waals surface area contributed by atoms with Gasteiger partial charge >= 0.3 is 0 Å². The first-order chi connectivity index (χ1) is 6.79. The number of nitriles is 1. The van der Waals surface area contributed by atoms with Crippen LogP contribution in [0, 0.1) is 11.3 Å². The molecule has 0 unspecified atom stereocenters. The highest BCUT2D eigenvalue weighted by molar-refractivity contribution is 7.99. The lowest BCUT2D eigenvalue weighted by molar-refractivity contribution is 0.476. The Morgan fingerprint density at radius 3 is 3.21 bits per heavy atom. The van der Waals surface area contributed by atoms with Gasteiger partial charge in [-0.1, -0.05) is 11.8 Å². The van der Waals surface area contributed by atoms with Crippen molar-refractivity contribution in [3.63, 3.8) is 0 Å². The van der Waals surface area contributed by atoms with E-state index in [1.807, 2.05) is 6.07 Å². The maximum Gasteiger partial charge on any atom is 0.167 e. The highest BCUT2D eigenvalue weighted by Crippen LogP contribution is 2.21. The third-order valence-electron chi connectivity index (χ3n) is 1.72. The zero-order chi connectivity index (χ0) is 9.97. The summed E-state index contributed by atoms with van der Waals surface area (Å²) in [5.41, 5.74) is 1.58. The number of rotatable bonds is 2. The van der Waals surface area contributed by atoms with Gasteiger partial charge in [0.15, 0.2) is 5.16 Å². The fraction of sp³-hybridized carbons (Fsp3) is 0.111. The summed E-state index contributed by atoms with van der Waals surface area (Å²) in [5.74, 6) is 0.573. The minimum Gasteiger partial charge on any atom is -0.508 e. The number of fused-ring (bicyclic) bond motifs is 1. The number of aromatic hydroxyl groups is 1. The van der Waals surface area contributed by atoms with Crippen molar-refractivity contribution < 1.29 is 5.11 Å². The third-order valence-corrected chi connectivity index (χ3v) is 2.46. The zero-order valence-electron chi connectivity index (χ0n) is 7.19. The lowest BCUT2D eigenvalue weighted by atomic mass is 10.3. The number of benzene rings is 1. The molecule has 0 aliphatic carbocycles. The second-order valence-corrected chi connectivity index (χ2v) is 3.65. The normalized spacial score (nSPS) is 10.2. The topological polar surface area (TPSA) is 72.7 Å². The summed E-state index contributed by atoms with van der Waals surface area (Å²) in [5, 5.41) is 18.3. The predicted molar refractivity (Wildman–Crippen MR) is 54.1 cm³/mol. The number of hydrogen-bond acceptors (Lipinski definition) is 4. The van der Waals surface area contributed by atoms with Crippen LogP contribution in [-0.2, 0) is 0 Å². The summed E-state index contributed by atoms with van der Waals surface area (Å²) in [7, 11) is 0. The van der Waals surface area contributed by atoms with Gasteiger partial charge in [-0.15, -0.1) is 0 Å². The van der Waals surface area contributed by atoms with Crippen LogP contribution in [0.15, 0.2) is 23.4 Å². The standard InChI is InChI=1S/C9H7N3OS/c10-3-4-14-9-11-7-2-1-6(13)5-8(7)12-9/h1-2,5,13H,4H2,(H,11,12). The van der Waals surface area contributed by atoms with Gasteiger partial charge in [-0.05, 0) is 12.1 Å². The van der Waals surface area contributed by atoms with E-state index in [0.717, 1.165) is 11.0 Å². The molecule has 0 saturated heterocycles. The Labute approximate surface area is 84.6 Å². The second-order valence-electron chi connectivity index (χ2n) is 2.69. The third kappa shape index (κ3) is 1.65. The number of aromatic nitrogens is 2. The first-order valence-corrected chi connectivity index (χ1v) is 4.96. The fourth-order valence-electron chi connectivity index (χ4n) is 1.14. The minimum absolute atomic E-state index is 0.206. The zero-order valence-corrected chi connectivity index (χ0v) is 8.01. The quantitative estimate of drug-likeness (QED) is 0.734. The molecular weight excluding hydrogens is 198 g/mol. The van der Waals surface area contributed by atoms with Gasteiger partial charge in [0.1, 0.15) is 5.75 Å². The van der Waals surface area contributed by atoms with E-state index in [4.69, 9.17) is 5.26 Å². The van der Waals surface area contributed by atoms with Gasteiger partial charge in [0.05, 0.1) is 22.9 Å². The van der Waals surface area contributed by atoms with Crippen molar-refractivity contribution in [2.45, 2.75) is 5.16 Å². The van der Waals surface area contributed by atoms with Gasteiger partial charge in [-0.3, -0.25) is 0 Å². The number of phenolic OH excluding ortho intramolecular Hbond substituents is 1. The van der Waals surface area contributed by atoms with Crippen molar-refractivity contribution in [1.82, 2.24) is 9.97 Å². The molecule has 1 aromatic heterocycles. The molecule has 0 saturated carbocycles. The Balaban J connectivity index is 2.37. The molecule has 2 rings (SSSR count). The summed E-state index contributed by atoms with van der Waals surface area (Å²) >= 11 is 1.34. The number of aromatic amines is 1. The Morgan fingerprint density at radius 2 is 2.43 bits per heavy atom. The number of nitrogens with zero attached hydrogens (tertiary/aromatic N) is 2. The van der Waals surface area contributed by atoms with Crippen LogP contribution >= 0.6 is 11.8 Å². The maximum absolute atomic E-state index is 9.21. The number of imidazole rings is 1. The number of phenols is 1. The highest BCUT2D eigenvalue weighted by atomic mass is 32.2. The van der Waals surface area contributed by atoms with E-state index in [-0.39, 0.29) is 5.75 Å². The van der Waals surface area contributed by atoms with Gasteiger partial charge in [0, 0.05) is 6.07 Å². The van der Waals surface area contributed by atoms with Gasteiger partial charge in [-0.25, -0.2) is 4.98 Å². The molecule has 4 nitrogen and oxygen atoms in total. The van der Waals surface area contributed by atoms with E-state index < -0.39 is 0 Å². The van der Waals surface area contributed by atoms with Crippen molar-refractivity contribution in [3.8, 4) is 11.8 Å². The fourth-order valence-corrected chi connectivity index (χ4v) is 1.69. The lowest BCUT2D eigenvalue weighted by Crippen LogP contribution is -1.75. The van der Waals surface area contributed by atoms with Gasteiger partial charge < -0.3 is 10.1 Å². The number of thioether (sulfide) groups is 1. The smallest absolute Gasteiger partial charge is 0.167 e. The van der Waals surface area contributed by atoms with Crippen LogP contribution in [0.4, 0.5) is 0 Å². The summed E-state index contributed by atoms with van der Waals surface area (Å²) in [6.07, 6.45) is 0. The SMILES string of the molecule is N#CCSc1nc2ccc(O)cc2[nH]1. The molecule has 1 heterocycles. The predicted octanol–water partition coefficient (Wildman–Crippen LogP) is 1.88. The van der Waals surface area contributed by atoms with E-state index in [1.165, 1.54) is 11.8 Å². The maximum atomic E-state index is 9.21. The molecule has 0 spiro atoms. The molecule has 0 atom stereocenters. The van der Waals surface area contributed by atoms with E-state index in [2.05, 4.69) is 9.97 Å². The Morgan fingerprint density at radius 1 is 1.57 bits per heavy atom. The van der Waals surface area contributed by atoms with Crippen molar-refractivity contribution in [3.05, 3.63) is 18.2 Å². The molecule has 0 amide bonds. The average Bonchev–Trinajstić information content (AvgIpc) is 2.56. The number of nitrogens with one attached hydrogen (secondary N) is 1. The molecule has 0 aliphatic heterocycles. The molecule has 0 bridgehead atoms. The van der Waals surface area contributed by atoms with Crippen LogP contribution in [0.1, 0.15) is 0 Å². The summed E-state index contributed by atoms with van der Waals surface area (Å²) in [6, 6.07) is 6.95. The van der Waals surface area contributed by atoms with E-state index in [0.29, 0.717) is 10.9 Å². The van der Waals surface area contributed by atoms with Crippen LogP contribution in [0.5, 0.6) is 5.75 Å². The van der Waals surface area contributed by atoms with Gasteiger partial charge in [-0.2, -0.15) is 5.26 Å². The minimum atomic E-state index is 0.206. The molecule has 14 heavy (non-hydrogen) atoms. The Bertz CT molecular complexity index is 500. The molecule has 0 fully saturated rings. The van der Waals surface area contributed by atoms with E-state index in [9.17, 15) is 5.11 Å². The monoisotopic (exact) mass is 205 g/mol. The van der Waals surface area contributed by atoms with Crippen molar-refractivity contribution in [2.75, 3.05) is 5.75 Å². The number of H-pyrrole nitrogens is 1. The summed E-state index contributed by atoms with van der Waals surface area (Å²) in [4.78, 5) is 7.25. The van der Waals surface area contributed by atoms with Crippen molar-refractivity contribution in [1.29, 1.82) is 5.26 Å². The first kappa shape index (κ1) is 8.91. The lowest BCUT2D eigenvalue weighted by Gasteiger charge is -1.88. The highest BCUT2D eigenvalue weighted by Gasteiger charge is 2.02. The van der Waals surface area contributed by atoms with E-state index in [1.54, 1.807) is 18.2 Å². The van der Waals surface area contributed by atoms with Gasteiger partial charge in [0.2, 0.25) is 0 Å². The summed E-state index contributed by atoms with van der Waals surface area (Å²) < 4.78 is 0. The van der Waals surface area contributed by atoms with Crippen molar-refractivity contribution >= 4 is 22.8 Å². The molecule has 0 radical (unpaired) electrons. The molecular formula is C9H7N3OS. The van der Waals surface area contributed by atoms with Crippen LogP contribution in [0.25, 0.3) is 11.0 Å². The van der Waals surface area contributed by atoms with Crippen molar-refractivity contribution in [2.24, 2.45) is 0 Å². The van der Waals surface area contributed by atoms with Crippen LogP contribution in [0.3, 0.4) is 0 Å². The molecule has 2 aromatic rings.